The Labute approximate surface area is 252 Å². The first-order chi connectivity index (χ1) is 20.3. The minimum absolute atomic E-state index is 0.0539. The maximum atomic E-state index is 12.5. The topological polar surface area (TPSA) is 130 Å². The maximum absolute atomic E-state index is 12.5. The minimum atomic E-state index is -0.777. The van der Waals surface area contributed by atoms with Crippen LogP contribution in [0.5, 0.6) is 23.0 Å². The average molecular weight is 616 g/mol. The van der Waals surface area contributed by atoms with Crippen LogP contribution in [-0.4, -0.2) is 59.4 Å². The molecule has 0 fully saturated rings. The number of alkyl halides is 2. The van der Waals surface area contributed by atoms with Crippen LogP contribution in [0, 0.1) is 0 Å². The number of carbonyl (C=O) groups is 1. The molecule has 0 spiro atoms. The number of hydrogen-bond donors (Lipinski definition) is 3. The summed E-state index contributed by atoms with van der Waals surface area (Å²) in [7, 11) is 0. The molecule has 0 aliphatic heterocycles. The second-order valence-electron chi connectivity index (χ2n) is 9.42. The number of phenolic OH excluding ortho intramolecular Hbond substituents is 3. The van der Waals surface area contributed by atoms with Crippen LogP contribution in [0.4, 0.5) is 5.69 Å². The molecular formula is C31H31Cl2NO8. The Morgan fingerprint density at radius 1 is 0.833 bits per heavy atom. The van der Waals surface area contributed by atoms with Gasteiger partial charge < -0.3 is 34.1 Å². The number of ether oxygens (including phenoxy) is 2. The van der Waals surface area contributed by atoms with Crippen molar-refractivity contribution in [2.24, 2.45) is 0 Å². The highest BCUT2D eigenvalue weighted by molar-refractivity contribution is 6.18. The summed E-state index contributed by atoms with van der Waals surface area (Å²) >= 11 is 11.7. The van der Waals surface area contributed by atoms with E-state index in [1.807, 2.05) is 12.1 Å². The van der Waals surface area contributed by atoms with Crippen LogP contribution in [0.2, 0.25) is 0 Å². The molecule has 0 bridgehead atoms. The molecule has 0 atom stereocenters. The van der Waals surface area contributed by atoms with Crippen molar-refractivity contribution in [2.45, 2.75) is 19.3 Å². The summed E-state index contributed by atoms with van der Waals surface area (Å²) in [6.07, 6.45) is 2.28. The van der Waals surface area contributed by atoms with Crippen LogP contribution < -0.4 is 15.1 Å². The van der Waals surface area contributed by atoms with E-state index in [0.717, 1.165) is 24.6 Å². The summed E-state index contributed by atoms with van der Waals surface area (Å²) in [6, 6.07) is 16.4. The Balaban J connectivity index is 1.19. The lowest BCUT2D eigenvalue weighted by atomic mass is 10.1. The number of carbonyl (C=O) groups excluding carboxylic acids is 1. The van der Waals surface area contributed by atoms with Crippen molar-refractivity contribution in [3.05, 3.63) is 76.5 Å². The molecular weight excluding hydrogens is 585 g/mol. The third-order valence-electron chi connectivity index (χ3n) is 6.55. The summed E-state index contributed by atoms with van der Waals surface area (Å²) in [5.74, 6) is -0.638. The summed E-state index contributed by atoms with van der Waals surface area (Å²) < 4.78 is 16.9. The van der Waals surface area contributed by atoms with E-state index in [4.69, 9.17) is 37.1 Å². The van der Waals surface area contributed by atoms with Gasteiger partial charge in [0.15, 0.2) is 16.9 Å². The number of fused-ring (bicyclic) bond motifs is 1. The fourth-order valence-electron chi connectivity index (χ4n) is 4.34. The third-order valence-corrected chi connectivity index (χ3v) is 6.89. The van der Waals surface area contributed by atoms with E-state index in [1.54, 1.807) is 36.4 Å². The molecule has 4 aromatic rings. The highest BCUT2D eigenvalue weighted by Crippen LogP contribution is 2.40. The van der Waals surface area contributed by atoms with Gasteiger partial charge in [0.2, 0.25) is 5.75 Å². The molecule has 42 heavy (non-hydrogen) atoms. The van der Waals surface area contributed by atoms with Crippen LogP contribution in [0.25, 0.3) is 22.3 Å². The Morgan fingerprint density at radius 3 is 2.17 bits per heavy atom. The highest BCUT2D eigenvalue weighted by Gasteiger charge is 2.17. The quantitative estimate of drug-likeness (QED) is 0.0650. The molecule has 3 N–H and O–H groups in total. The molecule has 1 heterocycles. The van der Waals surface area contributed by atoms with Crippen LogP contribution in [0.15, 0.2) is 69.9 Å². The molecule has 0 aliphatic rings. The number of hydrogen-bond acceptors (Lipinski definition) is 9. The van der Waals surface area contributed by atoms with Gasteiger partial charge in [-0.25, -0.2) is 4.79 Å². The maximum Gasteiger partial charge on any atom is 0.338 e. The van der Waals surface area contributed by atoms with E-state index in [0.29, 0.717) is 61.4 Å². The molecule has 0 saturated heterocycles. The van der Waals surface area contributed by atoms with Gasteiger partial charge >= 0.3 is 5.97 Å². The lowest BCUT2D eigenvalue weighted by Crippen LogP contribution is -2.27. The Morgan fingerprint density at radius 2 is 1.50 bits per heavy atom. The summed E-state index contributed by atoms with van der Waals surface area (Å²) in [5, 5.41) is 29.2. The number of aromatic hydroxyl groups is 3. The zero-order valence-electron chi connectivity index (χ0n) is 22.7. The van der Waals surface area contributed by atoms with E-state index >= 15 is 0 Å². The predicted octanol–water partition coefficient (Wildman–Crippen LogP) is 6.27. The van der Waals surface area contributed by atoms with Gasteiger partial charge in [0.1, 0.15) is 22.5 Å². The van der Waals surface area contributed by atoms with Crippen LogP contribution >= 0.6 is 23.2 Å². The fourth-order valence-corrected chi connectivity index (χ4v) is 4.75. The molecule has 0 radical (unpaired) electrons. The Hall–Kier alpha value is -4.08. The van der Waals surface area contributed by atoms with Gasteiger partial charge in [0.25, 0.3) is 0 Å². The number of rotatable bonds is 14. The average Bonchev–Trinajstić information content (AvgIpc) is 2.99. The first-order valence-electron chi connectivity index (χ1n) is 13.4. The molecule has 0 saturated carbocycles. The lowest BCUT2D eigenvalue weighted by Gasteiger charge is -2.22. The molecule has 4 rings (SSSR count). The number of anilines is 1. The van der Waals surface area contributed by atoms with E-state index < -0.39 is 22.7 Å². The van der Waals surface area contributed by atoms with Gasteiger partial charge in [0, 0.05) is 48.2 Å². The molecule has 9 nitrogen and oxygen atoms in total. The van der Waals surface area contributed by atoms with Crippen molar-refractivity contribution in [1.29, 1.82) is 0 Å². The molecule has 0 amide bonds. The summed E-state index contributed by atoms with van der Waals surface area (Å²) in [6.45, 7) is 2.13. The van der Waals surface area contributed by atoms with Gasteiger partial charge in [-0.3, -0.25) is 4.79 Å². The lowest BCUT2D eigenvalue weighted by molar-refractivity contribution is 0.0497. The van der Waals surface area contributed by atoms with Crippen molar-refractivity contribution in [3.63, 3.8) is 0 Å². The minimum Gasteiger partial charge on any atom is -0.504 e. The van der Waals surface area contributed by atoms with Crippen molar-refractivity contribution in [3.8, 4) is 34.3 Å². The molecule has 222 valence electrons. The van der Waals surface area contributed by atoms with Gasteiger partial charge in [-0.05, 0) is 67.8 Å². The number of phenols is 3. The molecule has 3 aromatic carbocycles. The standard InChI is InChI=1S/C31H31Cl2NO8/c32-12-14-34(15-13-33)22-8-4-21(5-9-22)31(39)41-17-3-1-2-16-40-23-10-6-20(7-11-23)26-18-24(35)28-27(42-26)19-25(36)29(37)30(28)38/h4-11,18-19,36-38H,1-3,12-17H2. The van der Waals surface area contributed by atoms with Crippen molar-refractivity contribution in [1.82, 2.24) is 0 Å². The van der Waals surface area contributed by atoms with Gasteiger partial charge in [-0.2, -0.15) is 0 Å². The number of esters is 1. The van der Waals surface area contributed by atoms with E-state index in [2.05, 4.69) is 4.90 Å². The van der Waals surface area contributed by atoms with Crippen LogP contribution in [0.1, 0.15) is 29.6 Å². The molecule has 11 heteroatoms. The van der Waals surface area contributed by atoms with Gasteiger partial charge in [-0.15, -0.1) is 23.2 Å². The van der Waals surface area contributed by atoms with Crippen molar-refractivity contribution in [2.75, 3.05) is 43.0 Å². The Kier molecular flexibility index (Phi) is 10.8. The largest absolute Gasteiger partial charge is 0.504 e. The normalized spacial score (nSPS) is 11.0. The Bertz CT molecular complexity index is 1550. The predicted molar refractivity (Wildman–Crippen MR) is 163 cm³/mol. The number of nitrogens with zero attached hydrogens (tertiary/aromatic N) is 1. The van der Waals surface area contributed by atoms with Gasteiger partial charge in [-0.1, -0.05) is 0 Å². The summed E-state index contributed by atoms with van der Waals surface area (Å²) in [4.78, 5) is 26.9. The van der Waals surface area contributed by atoms with Gasteiger partial charge in [0.05, 0.1) is 18.8 Å². The van der Waals surface area contributed by atoms with Crippen LogP contribution in [0.3, 0.4) is 0 Å². The first kappa shape index (κ1) is 30.9. The van der Waals surface area contributed by atoms with Crippen LogP contribution in [-0.2, 0) is 4.74 Å². The van der Waals surface area contributed by atoms with E-state index in [-0.39, 0.29) is 22.7 Å². The smallest absolute Gasteiger partial charge is 0.338 e. The monoisotopic (exact) mass is 615 g/mol. The number of unbranched alkanes of at least 4 members (excludes halogenated alkanes) is 2. The van der Waals surface area contributed by atoms with Crippen molar-refractivity contribution < 1.29 is 34.0 Å². The zero-order valence-corrected chi connectivity index (χ0v) is 24.2. The first-order valence-corrected chi connectivity index (χ1v) is 14.5. The SMILES string of the molecule is O=C(OCCCCCOc1ccc(-c2cc(=O)c3c(O)c(O)c(O)cc3o2)cc1)c1ccc(N(CCCl)CCCl)cc1. The second-order valence-corrected chi connectivity index (χ2v) is 10.2. The number of halogens is 2. The summed E-state index contributed by atoms with van der Waals surface area (Å²) in [5.41, 5.74) is 1.41. The van der Waals surface area contributed by atoms with E-state index in [1.165, 1.54) is 6.07 Å². The fraction of sp³-hybridized carbons (Fsp3) is 0.290. The highest BCUT2D eigenvalue weighted by atomic mass is 35.5. The van der Waals surface area contributed by atoms with E-state index in [9.17, 15) is 24.9 Å². The molecule has 0 aliphatic carbocycles. The third kappa shape index (κ3) is 7.60. The molecule has 1 aromatic heterocycles. The molecule has 0 unspecified atom stereocenters. The second kappa shape index (κ2) is 14.7. The zero-order chi connectivity index (χ0) is 30.1. The van der Waals surface area contributed by atoms with Crippen molar-refractivity contribution >= 4 is 45.8 Å². The number of benzene rings is 3.